The number of carbonyl (C=O) groups excluding carboxylic acids is 1. The minimum atomic E-state index is -0.889. The molecule has 128 valence electrons. The van der Waals surface area contributed by atoms with Crippen molar-refractivity contribution >= 4 is 17.8 Å². The SMILES string of the molecule is CC(C)(CCC(=O)O)NC(=O)Nc1ccn(Cc2ccncc2)n1. The van der Waals surface area contributed by atoms with E-state index in [1.807, 2.05) is 12.1 Å². The molecular weight excluding hydrogens is 310 g/mol. The largest absolute Gasteiger partial charge is 0.481 e. The summed E-state index contributed by atoms with van der Waals surface area (Å²) >= 11 is 0. The smallest absolute Gasteiger partial charge is 0.320 e. The highest BCUT2D eigenvalue weighted by molar-refractivity contribution is 5.88. The van der Waals surface area contributed by atoms with Gasteiger partial charge in [0.15, 0.2) is 5.82 Å². The Morgan fingerprint density at radius 3 is 2.62 bits per heavy atom. The van der Waals surface area contributed by atoms with Crippen LogP contribution in [0.3, 0.4) is 0 Å². The van der Waals surface area contributed by atoms with Crippen molar-refractivity contribution in [3.63, 3.8) is 0 Å². The van der Waals surface area contributed by atoms with Crippen LogP contribution in [0, 0.1) is 0 Å². The van der Waals surface area contributed by atoms with Crippen LogP contribution >= 0.6 is 0 Å². The Morgan fingerprint density at radius 2 is 1.96 bits per heavy atom. The fourth-order valence-electron chi connectivity index (χ4n) is 2.13. The van der Waals surface area contributed by atoms with Crippen molar-refractivity contribution in [2.24, 2.45) is 0 Å². The number of carboxylic acid groups (broad SMARTS) is 1. The number of aromatic nitrogens is 3. The molecule has 0 unspecified atom stereocenters. The molecule has 0 aliphatic rings. The first-order valence-electron chi connectivity index (χ1n) is 7.57. The van der Waals surface area contributed by atoms with E-state index in [0.717, 1.165) is 5.56 Å². The number of carboxylic acids is 1. The highest BCUT2D eigenvalue weighted by Crippen LogP contribution is 2.12. The monoisotopic (exact) mass is 331 g/mol. The predicted molar refractivity (Wildman–Crippen MR) is 88.7 cm³/mol. The highest BCUT2D eigenvalue weighted by Gasteiger charge is 2.21. The molecule has 24 heavy (non-hydrogen) atoms. The van der Waals surface area contributed by atoms with Crippen LogP contribution in [0.1, 0.15) is 32.3 Å². The zero-order valence-corrected chi connectivity index (χ0v) is 13.7. The number of hydrogen-bond acceptors (Lipinski definition) is 4. The summed E-state index contributed by atoms with van der Waals surface area (Å²) in [6.45, 7) is 4.13. The zero-order chi connectivity index (χ0) is 17.6. The standard InChI is InChI=1S/C16H21N5O3/c1-16(2,7-3-14(22)23)19-15(24)18-13-6-10-21(20-13)11-12-4-8-17-9-5-12/h4-6,8-10H,3,7,11H2,1-2H3,(H,22,23)(H2,18,19,20,24). The van der Waals surface area contributed by atoms with Crippen LogP contribution < -0.4 is 10.6 Å². The van der Waals surface area contributed by atoms with Gasteiger partial charge in [0.05, 0.1) is 6.54 Å². The number of nitrogens with zero attached hydrogens (tertiary/aromatic N) is 3. The average molecular weight is 331 g/mol. The zero-order valence-electron chi connectivity index (χ0n) is 13.7. The molecule has 0 saturated carbocycles. The number of nitrogens with one attached hydrogen (secondary N) is 2. The molecule has 2 rings (SSSR count). The Bertz CT molecular complexity index is 697. The lowest BCUT2D eigenvalue weighted by atomic mass is 9.99. The van der Waals surface area contributed by atoms with Gasteiger partial charge in [0, 0.05) is 36.6 Å². The fraction of sp³-hybridized carbons (Fsp3) is 0.375. The number of pyridine rings is 1. The Kier molecular flexibility index (Phi) is 5.51. The summed E-state index contributed by atoms with van der Waals surface area (Å²) in [6.07, 6.45) is 5.53. The fourth-order valence-corrected chi connectivity index (χ4v) is 2.13. The number of hydrogen-bond donors (Lipinski definition) is 3. The third-order valence-corrected chi connectivity index (χ3v) is 3.39. The Hall–Kier alpha value is -2.90. The lowest BCUT2D eigenvalue weighted by Gasteiger charge is -2.25. The summed E-state index contributed by atoms with van der Waals surface area (Å²) in [4.78, 5) is 26.6. The van der Waals surface area contributed by atoms with E-state index in [4.69, 9.17) is 5.11 Å². The van der Waals surface area contributed by atoms with Crippen molar-refractivity contribution in [1.82, 2.24) is 20.1 Å². The number of aliphatic carboxylic acids is 1. The molecule has 0 fully saturated rings. The molecule has 2 aromatic rings. The van der Waals surface area contributed by atoms with E-state index >= 15 is 0 Å². The van der Waals surface area contributed by atoms with Crippen LogP contribution in [0.2, 0.25) is 0 Å². The van der Waals surface area contributed by atoms with Gasteiger partial charge >= 0.3 is 12.0 Å². The van der Waals surface area contributed by atoms with Crippen LogP contribution in [-0.2, 0) is 11.3 Å². The third-order valence-electron chi connectivity index (χ3n) is 3.39. The van der Waals surface area contributed by atoms with Gasteiger partial charge in [-0.15, -0.1) is 0 Å². The van der Waals surface area contributed by atoms with Gasteiger partial charge in [-0.2, -0.15) is 5.10 Å². The van der Waals surface area contributed by atoms with E-state index in [-0.39, 0.29) is 6.42 Å². The quantitative estimate of drug-likeness (QED) is 0.720. The second-order valence-electron chi connectivity index (χ2n) is 6.11. The average Bonchev–Trinajstić information content (AvgIpc) is 2.92. The molecule has 3 N–H and O–H groups in total. The normalized spacial score (nSPS) is 11.1. The minimum absolute atomic E-state index is 0.00611. The third kappa shape index (κ3) is 5.71. The highest BCUT2D eigenvalue weighted by atomic mass is 16.4. The van der Waals surface area contributed by atoms with Gasteiger partial charge in [-0.1, -0.05) is 0 Å². The van der Waals surface area contributed by atoms with Crippen molar-refractivity contribution in [2.75, 3.05) is 5.32 Å². The van der Waals surface area contributed by atoms with E-state index in [2.05, 4.69) is 20.7 Å². The first-order valence-corrected chi connectivity index (χ1v) is 7.57. The lowest BCUT2D eigenvalue weighted by molar-refractivity contribution is -0.137. The van der Waals surface area contributed by atoms with Gasteiger partial charge in [-0.05, 0) is 38.0 Å². The maximum Gasteiger partial charge on any atom is 0.320 e. The molecule has 2 heterocycles. The minimum Gasteiger partial charge on any atom is -0.481 e. The summed E-state index contributed by atoms with van der Waals surface area (Å²) in [5.41, 5.74) is 0.432. The van der Waals surface area contributed by atoms with E-state index in [1.54, 1.807) is 43.2 Å². The molecule has 0 spiro atoms. The van der Waals surface area contributed by atoms with Crippen molar-refractivity contribution in [2.45, 2.75) is 38.8 Å². The van der Waals surface area contributed by atoms with Crippen LogP contribution in [0.25, 0.3) is 0 Å². The summed E-state index contributed by atoms with van der Waals surface area (Å²) < 4.78 is 1.71. The van der Waals surface area contributed by atoms with Gasteiger partial charge in [0.25, 0.3) is 0 Å². The van der Waals surface area contributed by atoms with Crippen LogP contribution in [0.5, 0.6) is 0 Å². The first-order chi connectivity index (χ1) is 11.3. The van der Waals surface area contributed by atoms with Crippen molar-refractivity contribution in [1.29, 1.82) is 0 Å². The molecule has 2 amide bonds. The Labute approximate surface area is 139 Å². The number of anilines is 1. The van der Waals surface area contributed by atoms with Gasteiger partial charge in [0.2, 0.25) is 0 Å². The second kappa shape index (κ2) is 7.58. The van der Waals surface area contributed by atoms with Crippen LogP contribution in [0.4, 0.5) is 10.6 Å². The molecular formula is C16H21N5O3. The molecule has 2 aromatic heterocycles. The van der Waals surface area contributed by atoms with Crippen molar-refractivity contribution in [3.05, 3.63) is 42.4 Å². The van der Waals surface area contributed by atoms with E-state index < -0.39 is 17.5 Å². The summed E-state index contributed by atoms with van der Waals surface area (Å²) in [5.74, 6) is -0.462. The summed E-state index contributed by atoms with van der Waals surface area (Å²) in [7, 11) is 0. The summed E-state index contributed by atoms with van der Waals surface area (Å²) in [6, 6.07) is 5.07. The molecule has 0 radical (unpaired) electrons. The molecule has 0 bridgehead atoms. The van der Waals surface area contributed by atoms with Gasteiger partial charge < -0.3 is 10.4 Å². The maximum absolute atomic E-state index is 12.0. The van der Waals surface area contributed by atoms with E-state index in [0.29, 0.717) is 18.8 Å². The van der Waals surface area contributed by atoms with Gasteiger partial charge in [0.1, 0.15) is 0 Å². The molecule has 8 nitrogen and oxygen atoms in total. The predicted octanol–water partition coefficient (Wildman–Crippen LogP) is 2.09. The number of rotatable bonds is 7. The molecule has 0 atom stereocenters. The number of carbonyl (C=O) groups is 2. The number of urea groups is 1. The van der Waals surface area contributed by atoms with Crippen molar-refractivity contribution in [3.8, 4) is 0 Å². The second-order valence-corrected chi connectivity index (χ2v) is 6.11. The van der Waals surface area contributed by atoms with Gasteiger partial charge in [-0.3, -0.25) is 19.8 Å². The molecule has 0 saturated heterocycles. The number of amides is 2. The first kappa shape index (κ1) is 17.5. The van der Waals surface area contributed by atoms with Gasteiger partial charge in [-0.25, -0.2) is 4.79 Å². The molecule has 0 aromatic carbocycles. The van der Waals surface area contributed by atoms with Crippen molar-refractivity contribution < 1.29 is 14.7 Å². The van der Waals surface area contributed by atoms with E-state index in [9.17, 15) is 9.59 Å². The molecule has 0 aliphatic heterocycles. The Balaban J connectivity index is 1.87. The molecule has 8 heteroatoms. The van der Waals surface area contributed by atoms with E-state index in [1.165, 1.54) is 0 Å². The molecule has 0 aliphatic carbocycles. The topological polar surface area (TPSA) is 109 Å². The lowest BCUT2D eigenvalue weighted by Crippen LogP contribution is -2.45. The van der Waals surface area contributed by atoms with Crippen LogP contribution in [0.15, 0.2) is 36.8 Å². The maximum atomic E-state index is 12.0. The Morgan fingerprint density at radius 1 is 1.25 bits per heavy atom. The summed E-state index contributed by atoms with van der Waals surface area (Å²) in [5, 5.41) is 18.4. The van der Waals surface area contributed by atoms with Crippen LogP contribution in [-0.4, -0.2) is 37.4 Å².